The van der Waals surface area contributed by atoms with Gasteiger partial charge >= 0.3 is 0 Å². The predicted octanol–water partition coefficient (Wildman–Crippen LogP) is 1.99. The number of aromatic nitrogens is 1. The highest BCUT2D eigenvalue weighted by Gasteiger charge is 2.50. The lowest BCUT2D eigenvalue weighted by atomic mass is 9.80. The second-order valence-electron chi connectivity index (χ2n) is 11.4. The highest BCUT2D eigenvalue weighted by atomic mass is 32.1. The number of Topliss-reactive ketones (excluding diaryl/α,β-unsaturated/α-hetero) is 1. The van der Waals surface area contributed by atoms with Gasteiger partial charge in [-0.1, -0.05) is 60.7 Å². The first-order valence-corrected chi connectivity index (χ1v) is 15.6. The Morgan fingerprint density at radius 3 is 2.34 bits per heavy atom. The van der Waals surface area contributed by atoms with E-state index in [1.165, 1.54) is 16.2 Å². The van der Waals surface area contributed by atoms with Crippen molar-refractivity contribution in [2.24, 2.45) is 11.7 Å². The zero-order chi connectivity index (χ0) is 31.1. The van der Waals surface area contributed by atoms with Crippen molar-refractivity contribution >= 4 is 40.8 Å². The minimum atomic E-state index is -1.37. The van der Waals surface area contributed by atoms with E-state index in [9.17, 15) is 19.2 Å². The molecular formula is C32H37N7O4S. The van der Waals surface area contributed by atoms with Gasteiger partial charge in [-0.3, -0.25) is 24.6 Å². The molecule has 5 N–H and O–H groups in total. The van der Waals surface area contributed by atoms with Gasteiger partial charge in [0.05, 0.1) is 12.6 Å². The van der Waals surface area contributed by atoms with E-state index in [1.807, 2.05) is 60.7 Å². The number of nitrogens with two attached hydrogens (primary N) is 1. The number of carbonyl (C=O) groups excluding carboxylic acids is 4. The molecule has 3 amide bonds. The van der Waals surface area contributed by atoms with Crippen molar-refractivity contribution in [2.75, 3.05) is 26.2 Å². The van der Waals surface area contributed by atoms with Crippen molar-refractivity contribution < 1.29 is 19.2 Å². The molecule has 12 heteroatoms. The summed E-state index contributed by atoms with van der Waals surface area (Å²) in [7, 11) is 0. The zero-order valence-corrected chi connectivity index (χ0v) is 25.2. The summed E-state index contributed by atoms with van der Waals surface area (Å²) in [6.45, 7) is 0.571. The van der Waals surface area contributed by atoms with E-state index in [0.717, 1.165) is 24.0 Å². The van der Waals surface area contributed by atoms with Gasteiger partial charge in [0.15, 0.2) is 11.0 Å². The predicted molar refractivity (Wildman–Crippen MR) is 167 cm³/mol. The van der Waals surface area contributed by atoms with E-state index in [0.29, 0.717) is 19.5 Å². The lowest BCUT2D eigenvalue weighted by Crippen LogP contribution is -2.70. The molecule has 0 radical (unpaired) electrons. The second-order valence-corrected chi connectivity index (χ2v) is 12.3. The first-order valence-electron chi connectivity index (χ1n) is 14.7. The second kappa shape index (κ2) is 13.8. The summed E-state index contributed by atoms with van der Waals surface area (Å²) in [5.74, 6) is -1.56. The lowest BCUT2D eigenvalue weighted by molar-refractivity contribution is -0.156. The fourth-order valence-corrected chi connectivity index (χ4v) is 6.85. The number of guanidine groups is 1. The number of hydrogen-bond acceptors (Lipinski definition) is 7. The fourth-order valence-electron chi connectivity index (χ4n) is 6.22. The van der Waals surface area contributed by atoms with Crippen molar-refractivity contribution in [1.82, 2.24) is 25.4 Å². The van der Waals surface area contributed by atoms with Crippen LogP contribution in [0.5, 0.6) is 0 Å². The maximum Gasteiger partial charge on any atom is 0.247 e. The minimum Gasteiger partial charge on any atom is -0.370 e. The number of rotatable bonds is 11. The molecule has 2 aromatic carbocycles. The van der Waals surface area contributed by atoms with Crippen LogP contribution < -0.4 is 16.4 Å². The maximum atomic E-state index is 13.8. The summed E-state index contributed by atoms with van der Waals surface area (Å²) in [6.07, 6.45) is 3.93. The Hall–Kier alpha value is -4.58. The third kappa shape index (κ3) is 7.13. The van der Waals surface area contributed by atoms with Crippen LogP contribution in [-0.4, -0.2) is 82.0 Å². The zero-order valence-electron chi connectivity index (χ0n) is 24.4. The Labute approximate surface area is 260 Å². The van der Waals surface area contributed by atoms with Gasteiger partial charge in [0.1, 0.15) is 12.1 Å². The summed E-state index contributed by atoms with van der Waals surface area (Å²) in [5.41, 5.74) is 6.07. The number of hydrogen-bond donors (Lipinski definition) is 4. The SMILES string of the molecule is N=C(N)N1CCCC(CC(NC(=O)CN2C(=O)CNC(=O)C2(Cc2ccccc2)Cc2ccccc2)C(=O)c2nccs2)C1. The Bertz CT molecular complexity index is 1440. The van der Waals surface area contributed by atoms with E-state index in [2.05, 4.69) is 15.6 Å². The molecule has 2 fully saturated rings. The van der Waals surface area contributed by atoms with E-state index < -0.39 is 24.0 Å². The normalized spacial score (nSPS) is 18.8. The smallest absolute Gasteiger partial charge is 0.247 e. The summed E-state index contributed by atoms with van der Waals surface area (Å²) >= 11 is 1.20. The number of piperazine rings is 1. The first kappa shape index (κ1) is 30.9. The molecule has 3 heterocycles. The van der Waals surface area contributed by atoms with Crippen LogP contribution in [0.15, 0.2) is 72.2 Å². The number of nitrogens with one attached hydrogen (secondary N) is 3. The molecular weight excluding hydrogens is 578 g/mol. The lowest BCUT2D eigenvalue weighted by Gasteiger charge is -2.46. The van der Waals surface area contributed by atoms with E-state index >= 15 is 0 Å². The van der Waals surface area contributed by atoms with Gasteiger partial charge in [0, 0.05) is 37.5 Å². The van der Waals surface area contributed by atoms with Crippen molar-refractivity contribution in [2.45, 2.75) is 43.7 Å². The topological polar surface area (TPSA) is 162 Å². The first-order chi connectivity index (χ1) is 21.2. The summed E-state index contributed by atoms with van der Waals surface area (Å²) < 4.78 is 0. The van der Waals surface area contributed by atoms with Crippen LogP contribution in [0, 0.1) is 11.3 Å². The number of nitrogens with zero attached hydrogens (tertiary/aromatic N) is 3. The molecule has 0 aliphatic carbocycles. The number of carbonyl (C=O) groups is 4. The summed E-state index contributed by atoms with van der Waals surface area (Å²) in [4.78, 5) is 61.9. The van der Waals surface area contributed by atoms with Crippen molar-refractivity contribution in [3.8, 4) is 0 Å². The highest BCUT2D eigenvalue weighted by molar-refractivity contribution is 7.11. The molecule has 2 atom stereocenters. The van der Waals surface area contributed by atoms with E-state index in [4.69, 9.17) is 11.1 Å². The molecule has 44 heavy (non-hydrogen) atoms. The number of likely N-dealkylation sites (tertiary alicyclic amines) is 1. The standard InChI is InChI=1S/C32H37N7O4S/c33-31(34)38-14-7-12-24(20-38)16-25(28(42)29-35-13-15-44-29)37-26(40)21-39-27(41)19-36-30(43)32(39,17-22-8-3-1-4-9-22)18-23-10-5-2-6-11-23/h1-6,8-11,13,15,24-25H,7,12,14,16-21H2,(H3,33,34)(H,36,43)(H,37,40). The summed E-state index contributed by atoms with van der Waals surface area (Å²) in [6, 6.07) is 18.0. The Kier molecular flexibility index (Phi) is 9.69. The third-order valence-electron chi connectivity index (χ3n) is 8.34. The number of thiazole rings is 1. The average Bonchev–Trinajstić information content (AvgIpc) is 3.57. The quantitative estimate of drug-likeness (QED) is 0.146. The monoisotopic (exact) mass is 615 g/mol. The molecule has 11 nitrogen and oxygen atoms in total. The number of ketones is 1. The van der Waals surface area contributed by atoms with Crippen molar-refractivity contribution in [3.05, 3.63) is 88.4 Å². The Balaban J connectivity index is 1.42. The van der Waals surface area contributed by atoms with Crippen LogP contribution in [0.2, 0.25) is 0 Å². The molecule has 230 valence electrons. The van der Waals surface area contributed by atoms with Crippen LogP contribution in [0.25, 0.3) is 0 Å². The molecule has 0 saturated carbocycles. The van der Waals surface area contributed by atoms with Crippen LogP contribution >= 0.6 is 11.3 Å². The van der Waals surface area contributed by atoms with Gasteiger partial charge in [0.2, 0.25) is 23.5 Å². The molecule has 1 aromatic heterocycles. The molecule has 2 saturated heterocycles. The summed E-state index contributed by atoms with van der Waals surface area (Å²) in [5, 5.41) is 15.5. The van der Waals surface area contributed by atoms with E-state index in [1.54, 1.807) is 16.5 Å². The van der Waals surface area contributed by atoms with Gasteiger partial charge in [-0.2, -0.15) is 0 Å². The average molecular weight is 616 g/mol. The highest BCUT2D eigenvalue weighted by Crippen LogP contribution is 2.30. The van der Waals surface area contributed by atoms with E-state index in [-0.39, 0.29) is 53.9 Å². The van der Waals surface area contributed by atoms with Gasteiger partial charge in [-0.05, 0) is 36.3 Å². The molecule has 3 aromatic rings. The van der Waals surface area contributed by atoms with Crippen molar-refractivity contribution in [1.29, 1.82) is 5.41 Å². The Morgan fingerprint density at radius 1 is 1.09 bits per heavy atom. The van der Waals surface area contributed by atoms with Crippen LogP contribution in [0.3, 0.4) is 0 Å². The van der Waals surface area contributed by atoms with Gasteiger partial charge < -0.3 is 26.2 Å². The molecule has 0 spiro atoms. The van der Waals surface area contributed by atoms with Crippen LogP contribution in [0.1, 0.15) is 40.2 Å². The number of benzene rings is 2. The van der Waals surface area contributed by atoms with Gasteiger partial charge in [0.25, 0.3) is 0 Å². The van der Waals surface area contributed by atoms with Crippen LogP contribution in [-0.2, 0) is 27.2 Å². The largest absolute Gasteiger partial charge is 0.370 e. The molecule has 5 rings (SSSR count). The molecule has 2 aliphatic heterocycles. The maximum absolute atomic E-state index is 13.8. The number of piperidine rings is 1. The molecule has 0 bridgehead atoms. The third-order valence-corrected chi connectivity index (χ3v) is 9.13. The van der Waals surface area contributed by atoms with Gasteiger partial charge in [-0.15, -0.1) is 11.3 Å². The van der Waals surface area contributed by atoms with Crippen LogP contribution in [0.4, 0.5) is 0 Å². The Morgan fingerprint density at radius 2 is 1.75 bits per heavy atom. The number of amides is 3. The fraction of sp³-hybridized carbons (Fsp3) is 0.375. The molecule has 2 unspecified atom stereocenters. The van der Waals surface area contributed by atoms with Crippen molar-refractivity contribution in [3.63, 3.8) is 0 Å². The molecule has 2 aliphatic rings. The minimum absolute atomic E-state index is 0.0134. The van der Waals surface area contributed by atoms with Gasteiger partial charge in [-0.25, -0.2) is 4.98 Å².